The quantitative estimate of drug-likeness (QED) is 0.0306. The van der Waals surface area contributed by atoms with E-state index in [1.165, 1.54) is 11.1 Å². The second-order valence-corrected chi connectivity index (χ2v) is 20.1. The Morgan fingerprint density at radius 1 is 0.831 bits per heavy atom. The molecule has 3 aliphatic heterocycles. The van der Waals surface area contributed by atoms with Crippen molar-refractivity contribution < 1.29 is 53.4 Å². The van der Waals surface area contributed by atoms with Gasteiger partial charge in [0.2, 0.25) is 0 Å². The fraction of sp³-hybridized carbons (Fsp3) is 0.441. The first-order valence-corrected chi connectivity index (χ1v) is 25.3. The number of aliphatic hydroxyl groups excluding tert-OH is 4. The molecule has 10 rings (SSSR count). The summed E-state index contributed by atoms with van der Waals surface area (Å²) in [5.74, 6) is -2.12. The van der Waals surface area contributed by atoms with E-state index >= 15 is 4.79 Å². The molecule has 2 bridgehead atoms. The smallest absolute Gasteiger partial charge is 0.340 e. The van der Waals surface area contributed by atoms with Gasteiger partial charge in [0.1, 0.15) is 23.7 Å². The van der Waals surface area contributed by atoms with Crippen LogP contribution in [0.15, 0.2) is 124 Å². The highest BCUT2D eigenvalue weighted by Crippen LogP contribution is 2.53. The van der Waals surface area contributed by atoms with Crippen molar-refractivity contribution in [1.82, 2.24) is 0 Å². The number of hydrogen-bond acceptors (Lipinski definition) is 12. The van der Waals surface area contributed by atoms with E-state index in [2.05, 4.69) is 72.8 Å². The Labute approximate surface area is 414 Å². The summed E-state index contributed by atoms with van der Waals surface area (Å²) in [5.41, 5.74) is 4.84. The lowest BCUT2D eigenvalue weighted by molar-refractivity contribution is -0.201. The first kappa shape index (κ1) is 50.1. The van der Waals surface area contributed by atoms with Crippen LogP contribution in [0.25, 0.3) is 11.0 Å². The van der Waals surface area contributed by atoms with Crippen LogP contribution in [0.2, 0.25) is 0 Å². The Kier molecular flexibility index (Phi) is 15.7. The molecule has 4 heterocycles. The maximum atomic E-state index is 15.2. The zero-order chi connectivity index (χ0) is 49.6. The zero-order valence-electron chi connectivity index (χ0n) is 40.7. The van der Waals surface area contributed by atoms with Crippen LogP contribution >= 0.6 is 0 Å². The Morgan fingerprint density at radius 2 is 1.61 bits per heavy atom. The molecule has 5 aliphatic rings. The monoisotopic (exact) mass is 966 g/mol. The SMILES string of the molecule is C/C(CO)=C1\CCc2ccc(cc2)[C@@H]2C=C[C@H](c3cccc(Cc4ccccc4)c3)C[C@H]2CC(=O)O[C@@H]2c3c(ccc4c(CO)c([C@H](CCO)COCO)c(=O)oc34)O[C@@](C)(C3CCCCC3)[C@H]2OC1=O. The van der Waals surface area contributed by atoms with Crippen molar-refractivity contribution in [2.24, 2.45) is 11.8 Å². The third kappa shape index (κ3) is 10.5. The van der Waals surface area contributed by atoms with Crippen molar-refractivity contribution in [3.63, 3.8) is 0 Å². The van der Waals surface area contributed by atoms with Crippen LogP contribution < -0.4 is 10.4 Å². The average molecular weight is 967 g/mol. The van der Waals surface area contributed by atoms with Gasteiger partial charge in [0.25, 0.3) is 0 Å². The zero-order valence-corrected chi connectivity index (χ0v) is 40.7. The second-order valence-electron chi connectivity index (χ2n) is 20.1. The average Bonchev–Trinajstić information content (AvgIpc) is 3.38. The maximum absolute atomic E-state index is 15.2. The number of rotatable bonds is 12. The van der Waals surface area contributed by atoms with E-state index in [0.29, 0.717) is 29.4 Å². The van der Waals surface area contributed by atoms with Gasteiger partial charge in [0, 0.05) is 53.2 Å². The molecule has 71 heavy (non-hydrogen) atoms. The molecular formula is C59H66O12. The molecule has 4 N–H and O–H groups in total. The molecule has 2 aliphatic carbocycles. The Bertz CT molecular complexity index is 2810. The van der Waals surface area contributed by atoms with E-state index in [-0.39, 0.29) is 90.8 Å². The van der Waals surface area contributed by atoms with E-state index < -0.39 is 54.7 Å². The predicted molar refractivity (Wildman–Crippen MR) is 268 cm³/mol. The van der Waals surface area contributed by atoms with Crippen LogP contribution in [-0.4, -0.2) is 70.7 Å². The van der Waals surface area contributed by atoms with Gasteiger partial charge in [-0.2, -0.15) is 0 Å². The molecule has 0 saturated heterocycles. The summed E-state index contributed by atoms with van der Waals surface area (Å²) in [6, 6.07) is 30.8. The molecule has 374 valence electrons. The number of hydrogen-bond donors (Lipinski definition) is 4. The number of aryl methyl sites for hydroxylation is 1. The molecule has 0 radical (unpaired) electrons. The predicted octanol–water partition coefficient (Wildman–Crippen LogP) is 9.32. The van der Waals surface area contributed by atoms with Crippen molar-refractivity contribution in [3.8, 4) is 5.75 Å². The largest absolute Gasteiger partial charge is 0.483 e. The minimum absolute atomic E-state index is 0.000779. The highest BCUT2D eigenvalue weighted by atomic mass is 16.6. The summed E-state index contributed by atoms with van der Waals surface area (Å²) in [5, 5.41) is 41.4. The molecule has 7 atom stereocenters. The summed E-state index contributed by atoms with van der Waals surface area (Å²) in [7, 11) is 0. The first-order chi connectivity index (χ1) is 34.5. The molecular weight excluding hydrogens is 901 g/mol. The van der Waals surface area contributed by atoms with Gasteiger partial charge in [0.15, 0.2) is 12.2 Å². The molecule has 1 aromatic heterocycles. The summed E-state index contributed by atoms with van der Waals surface area (Å²) >= 11 is 0. The van der Waals surface area contributed by atoms with Gasteiger partial charge in [-0.05, 0) is 116 Å². The molecule has 1 saturated carbocycles. The summed E-state index contributed by atoms with van der Waals surface area (Å²) in [6.45, 7) is 1.60. The third-order valence-corrected chi connectivity index (χ3v) is 15.7. The highest BCUT2D eigenvalue weighted by molar-refractivity contribution is 5.90. The van der Waals surface area contributed by atoms with E-state index in [1.807, 2.05) is 25.1 Å². The molecule has 12 heteroatoms. The van der Waals surface area contributed by atoms with Gasteiger partial charge in [-0.25, -0.2) is 9.59 Å². The molecule has 5 aromatic rings. The summed E-state index contributed by atoms with van der Waals surface area (Å²) in [6.07, 6.45) is 8.60. The first-order valence-electron chi connectivity index (χ1n) is 25.3. The van der Waals surface area contributed by atoms with Gasteiger partial charge < -0.3 is 43.8 Å². The van der Waals surface area contributed by atoms with Gasteiger partial charge in [-0.1, -0.05) is 110 Å². The van der Waals surface area contributed by atoms with Gasteiger partial charge in [-0.15, -0.1) is 0 Å². The van der Waals surface area contributed by atoms with Crippen molar-refractivity contribution in [2.45, 2.75) is 127 Å². The van der Waals surface area contributed by atoms with Crippen molar-refractivity contribution >= 4 is 22.9 Å². The van der Waals surface area contributed by atoms with E-state index in [0.717, 1.165) is 55.2 Å². The maximum Gasteiger partial charge on any atom is 0.340 e. The van der Waals surface area contributed by atoms with E-state index in [9.17, 15) is 30.0 Å². The van der Waals surface area contributed by atoms with Crippen LogP contribution in [0, 0.1) is 11.8 Å². The molecule has 12 nitrogen and oxygen atoms in total. The van der Waals surface area contributed by atoms with Gasteiger partial charge in [0.05, 0.1) is 25.4 Å². The van der Waals surface area contributed by atoms with Crippen molar-refractivity contribution in [2.75, 3.05) is 26.6 Å². The molecule has 0 unspecified atom stereocenters. The van der Waals surface area contributed by atoms with Gasteiger partial charge in [-0.3, -0.25) is 4.79 Å². The van der Waals surface area contributed by atoms with Crippen LogP contribution in [0.4, 0.5) is 0 Å². The van der Waals surface area contributed by atoms with Crippen molar-refractivity contribution in [3.05, 3.63) is 169 Å². The van der Waals surface area contributed by atoms with E-state index in [1.54, 1.807) is 19.1 Å². The van der Waals surface area contributed by atoms with Gasteiger partial charge >= 0.3 is 17.6 Å². The molecule has 1 fully saturated rings. The van der Waals surface area contributed by atoms with Crippen LogP contribution in [0.5, 0.6) is 5.75 Å². The van der Waals surface area contributed by atoms with Crippen LogP contribution in [0.1, 0.15) is 140 Å². The number of ether oxygens (including phenoxy) is 4. The fourth-order valence-electron chi connectivity index (χ4n) is 11.9. The summed E-state index contributed by atoms with van der Waals surface area (Å²) < 4.78 is 32.2. The number of esters is 2. The topological polar surface area (TPSA) is 182 Å². The minimum Gasteiger partial charge on any atom is -0.483 e. The lowest BCUT2D eigenvalue weighted by Crippen LogP contribution is -2.58. The van der Waals surface area contributed by atoms with Crippen LogP contribution in [0.3, 0.4) is 0 Å². The number of allylic oxidation sites excluding steroid dienone is 2. The molecule has 0 amide bonds. The number of carbonyl (C=O) groups is 2. The number of carbonyl (C=O) groups excluding carboxylic acids is 2. The van der Waals surface area contributed by atoms with Crippen molar-refractivity contribution in [1.29, 1.82) is 0 Å². The number of aliphatic hydroxyl groups is 4. The Hall–Kier alpha value is -5.89. The number of fused-ring (bicyclic) bond motifs is 11. The second kappa shape index (κ2) is 22.3. The lowest BCUT2D eigenvalue weighted by atomic mass is 9.71. The lowest BCUT2D eigenvalue weighted by Gasteiger charge is -2.50. The minimum atomic E-state index is -1.35. The van der Waals surface area contributed by atoms with Crippen LogP contribution in [-0.2, 0) is 43.2 Å². The molecule has 4 aromatic carbocycles. The Balaban J connectivity index is 1.18. The third-order valence-electron chi connectivity index (χ3n) is 15.7. The highest BCUT2D eigenvalue weighted by Gasteiger charge is 2.57. The molecule has 0 spiro atoms. The normalized spacial score (nSPS) is 25.1. The fourth-order valence-corrected chi connectivity index (χ4v) is 11.9. The standard InChI is InChI=1S/C59H66O12/c1-36(32-61)46-22-18-37-16-19-40(20-17-37)47-23-21-42(41-13-9-12-39(29-41)28-38-10-5-3-6-11-38)30-44(47)31-51(64)68-55-53-50(71-59(2,56(55)70-57(46)65)45-14-7-4-8-15-45)25-24-48-49(33-62)52(58(66)69-54(48)53)43(26-27-60)34-67-35-63/h3,5-6,9-13,16-17,19-21,23-25,29,42-45,47,55-56,60-63H,4,7-8,14-15,18,22,26-28,30-35H2,1-2H3/b46-36-/t42-,43+,44-,47-,55+,56-,59-/m0/s1. The number of benzene rings is 4. The summed E-state index contributed by atoms with van der Waals surface area (Å²) in [4.78, 5) is 44.5. The Morgan fingerprint density at radius 3 is 2.34 bits per heavy atom. The van der Waals surface area contributed by atoms with E-state index in [4.69, 9.17) is 23.4 Å².